The molecule has 118 valence electrons. The first-order valence-electron chi connectivity index (χ1n) is 7.50. The number of hydrogen-bond donors (Lipinski definition) is 2. The summed E-state index contributed by atoms with van der Waals surface area (Å²) in [6.45, 7) is 0. The summed E-state index contributed by atoms with van der Waals surface area (Å²) >= 11 is 6.10. The zero-order valence-corrected chi connectivity index (χ0v) is 13.6. The zero-order chi connectivity index (χ0) is 16.0. The Labute approximate surface area is 136 Å². The minimum absolute atomic E-state index is 0.239. The van der Waals surface area contributed by atoms with Crippen LogP contribution in [0.2, 0.25) is 5.02 Å². The molecule has 0 bridgehead atoms. The van der Waals surface area contributed by atoms with E-state index in [0.717, 1.165) is 31.1 Å². The molecule has 0 heterocycles. The molecule has 0 radical (unpaired) electrons. The Balaban J connectivity index is 2.41. The molecule has 1 aromatic rings. The van der Waals surface area contributed by atoms with E-state index < -0.39 is 5.54 Å². The van der Waals surface area contributed by atoms with Gasteiger partial charge in [0.05, 0.1) is 0 Å². The topological polar surface area (TPSA) is 67.5 Å². The molecule has 0 amide bonds. The number of allylic oxidation sites excluding steroid dienone is 1. The second-order valence-corrected chi connectivity index (χ2v) is 6.05. The van der Waals surface area contributed by atoms with Crippen LogP contribution in [0.5, 0.6) is 0 Å². The molecule has 5 heteroatoms. The standard InChI is InChI=1S/C17H22ClN3O/c1-20-16(19)21-17(12-22,11-13-6-3-2-4-7-13)14-8-5-9-15(18)10-14/h5-6,8-10,12H,2-4,7,11H2,1H3,(H3,19,20,21). The van der Waals surface area contributed by atoms with Crippen molar-refractivity contribution in [2.45, 2.75) is 37.6 Å². The summed E-state index contributed by atoms with van der Waals surface area (Å²) in [5.74, 6) is 0.239. The second-order valence-electron chi connectivity index (χ2n) is 5.62. The Morgan fingerprint density at radius 2 is 2.32 bits per heavy atom. The molecule has 0 aromatic heterocycles. The van der Waals surface area contributed by atoms with Gasteiger partial charge in [0.15, 0.2) is 5.96 Å². The van der Waals surface area contributed by atoms with Crippen LogP contribution in [0.1, 0.15) is 37.7 Å². The predicted molar refractivity (Wildman–Crippen MR) is 91.0 cm³/mol. The maximum absolute atomic E-state index is 12.0. The average Bonchev–Trinajstić information content (AvgIpc) is 2.55. The van der Waals surface area contributed by atoms with E-state index >= 15 is 0 Å². The third-order valence-electron chi connectivity index (χ3n) is 4.02. The van der Waals surface area contributed by atoms with E-state index in [1.54, 1.807) is 19.2 Å². The van der Waals surface area contributed by atoms with Gasteiger partial charge in [-0.3, -0.25) is 4.99 Å². The van der Waals surface area contributed by atoms with Crippen LogP contribution in [0.3, 0.4) is 0 Å². The Morgan fingerprint density at radius 3 is 2.91 bits per heavy atom. The molecular weight excluding hydrogens is 298 g/mol. The number of nitrogens with zero attached hydrogens (tertiary/aromatic N) is 1. The van der Waals surface area contributed by atoms with E-state index in [0.29, 0.717) is 11.4 Å². The van der Waals surface area contributed by atoms with Gasteiger partial charge in [0.2, 0.25) is 0 Å². The second kappa shape index (κ2) is 7.45. The van der Waals surface area contributed by atoms with Crippen molar-refractivity contribution in [2.75, 3.05) is 7.05 Å². The lowest BCUT2D eigenvalue weighted by Gasteiger charge is -2.32. The first kappa shape index (κ1) is 16.6. The van der Waals surface area contributed by atoms with Crippen LogP contribution in [0.15, 0.2) is 40.9 Å². The lowest BCUT2D eigenvalue weighted by molar-refractivity contribution is -0.113. The fraction of sp³-hybridized carbons (Fsp3) is 0.412. The Morgan fingerprint density at radius 1 is 1.50 bits per heavy atom. The Kier molecular flexibility index (Phi) is 5.61. The van der Waals surface area contributed by atoms with E-state index in [-0.39, 0.29) is 5.96 Å². The first-order valence-corrected chi connectivity index (χ1v) is 7.88. The molecule has 0 saturated carbocycles. The third-order valence-corrected chi connectivity index (χ3v) is 4.26. The molecular formula is C17H22ClN3O. The van der Waals surface area contributed by atoms with Crippen molar-refractivity contribution >= 4 is 23.8 Å². The number of hydrogen-bond acceptors (Lipinski definition) is 2. The minimum Gasteiger partial charge on any atom is -0.370 e. The van der Waals surface area contributed by atoms with Crippen LogP contribution in [0.25, 0.3) is 0 Å². The SMILES string of the molecule is CN=C(N)NC(C=O)(CC1=CCCCC1)c1cccc(Cl)c1. The highest BCUT2D eigenvalue weighted by molar-refractivity contribution is 6.30. The number of guanidine groups is 1. The van der Waals surface area contributed by atoms with Gasteiger partial charge >= 0.3 is 0 Å². The van der Waals surface area contributed by atoms with Crippen molar-refractivity contribution in [3.8, 4) is 0 Å². The molecule has 2 rings (SSSR count). The highest BCUT2D eigenvalue weighted by atomic mass is 35.5. The number of nitrogens with two attached hydrogens (primary N) is 1. The van der Waals surface area contributed by atoms with E-state index in [9.17, 15) is 4.79 Å². The van der Waals surface area contributed by atoms with Gasteiger partial charge in [0.25, 0.3) is 0 Å². The molecule has 3 N–H and O–H groups in total. The molecule has 0 aliphatic heterocycles. The zero-order valence-electron chi connectivity index (χ0n) is 12.8. The van der Waals surface area contributed by atoms with Gasteiger partial charge in [-0.25, -0.2) is 0 Å². The number of aldehydes is 1. The van der Waals surface area contributed by atoms with Crippen LogP contribution in [-0.4, -0.2) is 19.3 Å². The van der Waals surface area contributed by atoms with Gasteiger partial charge in [0, 0.05) is 18.5 Å². The molecule has 1 atom stereocenters. The highest BCUT2D eigenvalue weighted by Gasteiger charge is 2.34. The Hall–Kier alpha value is -1.81. The molecule has 0 spiro atoms. The number of nitrogens with one attached hydrogen (secondary N) is 1. The maximum Gasteiger partial charge on any atom is 0.189 e. The number of carbonyl (C=O) groups is 1. The number of carbonyl (C=O) groups excluding carboxylic acids is 1. The normalized spacial score (nSPS) is 18.3. The van der Waals surface area contributed by atoms with Crippen LogP contribution in [-0.2, 0) is 10.3 Å². The quantitative estimate of drug-likeness (QED) is 0.379. The third kappa shape index (κ3) is 3.89. The van der Waals surface area contributed by atoms with Crippen LogP contribution in [0, 0.1) is 0 Å². The molecule has 1 aromatic carbocycles. The summed E-state index contributed by atoms with van der Waals surface area (Å²) in [6, 6.07) is 7.32. The lowest BCUT2D eigenvalue weighted by atomic mass is 9.82. The van der Waals surface area contributed by atoms with Crippen LogP contribution in [0.4, 0.5) is 0 Å². The van der Waals surface area contributed by atoms with Crippen LogP contribution >= 0.6 is 11.6 Å². The summed E-state index contributed by atoms with van der Waals surface area (Å²) in [5.41, 5.74) is 6.98. The monoisotopic (exact) mass is 319 g/mol. The number of rotatable bonds is 5. The van der Waals surface area contributed by atoms with Gasteiger partial charge in [-0.05, 0) is 43.4 Å². The van der Waals surface area contributed by atoms with E-state index in [4.69, 9.17) is 17.3 Å². The molecule has 0 fully saturated rings. The van der Waals surface area contributed by atoms with Crippen molar-refractivity contribution in [1.29, 1.82) is 0 Å². The van der Waals surface area contributed by atoms with Gasteiger partial charge in [0.1, 0.15) is 11.8 Å². The molecule has 1 aliphatic carbocycles. The van der Waals surface area contributed by atoms with Crippen molar-refractivity contribution in [3.05, 3.63) is 46.5 Å². The number of halogens is 1. The molecule has 1 unspecified atom stereocenters. The maximum atomic E-state index is 12.0. The van der Waals surface area contributed by atoms with Crippen molar-refractivity contribution in [1.82, 2.24) is 5.32 Å². The van der Waals surface area contributed by atoms with Crippen LogP contribution < -0.4 is 11.1 Å². The average molecular weight is 320 g/mol. The van der Waals surface area contributed by atoms with E-state index in [1.165, 1.54) is 12.0 Å². The molecule has 22 heavy (non-hydrogen) atoms. The fourth-order valence-corrected chi connectivity index (χ4v) is 3.02. The smallest absolute Gasteiger partial charge is 0.189 e. The fourth-order valence-electron chi connectivity index (χ4n) is 2.83. The summed E-state index contributed by atoms with van der Waals surface area (Å²) in [5, 5.41) is 3.67. The van der Waals surface area contributed by atoms with Gasteiger partial charge in [-0.2, -0.15) is 0 Å². The predicted octanol–water partition coefficient (Wildman–Crippen LogP) is 3.16. The van der Waals surface area contributed by atoms with Gasteiger partial charge < -0.3 is 15.8 Å². The Bertz CT molecular complexity index is 597. The van der Waals surface area contributed by atoms with Gasteiger partial charge in [-0.15, -0.1) is 0 Å². The summed E-state index contributed by atoms with van der Waals surface area (Å²) in [6.07, 6.45) is 8.17. The first-order chi connectivity index (χ1) is 10.6. The van der Waals surface area contributed by atoms with Crippen molar-refractivity contribution in [2.24, 2.45) is 10.7 Å². The minimum atomic E-state index is -0.933. The molecule has 4 nitrogen and oxygen atoms in total. The summed E-state index contributed by atoms with van der Waals surface area (Å²) in [4.78, 5) is 16.0. The van der Waals surface area contributed by atoms with Gasteiger partial charge in [-0.1, -0.05) is 35.4 Å². The highest BCUT2D eigenvalue weighted by Crippen LogP contribution is 2.32. The van der Waals surface area contributed by atoms with E-state index in [2.05, 4.69) is 16.4 Å². The van der Waals surface area contributed by atoms with Crippen molar-refractivity contribution < 1.29 is 4.79 Å². The number of benzene rings is 1. The molecule has 0 saturated heterocycles. The lowest BCUT2D eigenvalue weighted by Crippen LogP contribution is -2.50. The summed E-state index contributed by atoms with van der Waals surface area (Å²) < 4.78 is 0. The van der Waals surface area contributed by atoms with E-state index in [1.807, 2.05) is 12.1 Å². The summed E-state index contributed by atoms with van der Waals surface area (Å²) in [7, 11) is 1.59. The largest absolute Gasteiger partial charge is 0.370 e. The number of aliphatic imine (C=N–C) groups is 1. The van der Waals surface area contributed by atoms with Crippen molar-refractivity contribution in [3.63, 3.8) is 0 Å². The molecule has 1 aliphatic rings.